The van der Waals surface area contributed by atoms with Gasteiger partial charge in [0.25, 0.3) is 0 Å². The van der Waals surface area contributed by atoms with Gasteiger partial charge in [0, 0.05) is 25.1 Å². The predicted octanol–water partition coefficient (Wildman–Crippen LogP) is 5.31. The molecule has 1 saturated heterocycles. The summed E-state index contributed by atoms with van der Waals surface area (Å²) in [5.41, 5.74) is 0.686. The third-order valence-corrected chi connectivity index (χ3v) is 5.36. The minimum absolute atomic E-state index is 0.105. The van der Waals surface area contributed by atoms with E-state index in [1.807, 2.05) is 24.3 Å². The van der Waals surface area contributed by atoms with Crippen molar-refractivity contribution in [3.05, 3.63) is 65.5 Å². The molecule has 0 aliphatic carbocycles. The van der Waals surface area contributed by atoms with Gasteiger partial charge in [-0.2, -0.15) is 18.2 Å². The first-order valence-corrected chi connectivity index (χ1v) is 10.7. The average Bonchev–Trinajstić information content (AvgIpc) is 3.40. The lowest BCUT2D eigenvalue weighted by atomic mass is 10.1. The number of benzene rings is 2. The third-order valence-electron chi connectivity index (χ3n) is 5.36. The molecular weight excluding hydrogens is 435 g/mol. The molecule has 0 spiro atoms. The van der Waals surface area contributed by atoms with E-state index in [4.69, 9.17) is 9.26 Å². The fourth-order valence-electron chi connectivity index (χ4n) is 3.59. The predicted molar refractivity (Wildman–Crippen MR) is 114 cm³/mol. The number of likely N-dealkylation sites (tertiary alicyclic amines) is 1. The van der Waals surface area contributed by atoms with Gasteiger partial charge in [-0.15, -0.1) is 0 Å². The van der Waals surface area contributed by atoms with Crippen LogP contribution in [0.1, 0.15) is 43.2 Å². The number of alkyl halides is 3. The molecular formula is C24H24F3N3O3. The first-order chi connectivity index (χ1) is 15.7. The molecule has 6 nitrogen and oxygen atoms in total. The number of hydrogen-bond donors (Lipinski definition) is 0. The molecule has 0 saturated carbocycles. The number of hydrogen-bond acceptors (Lipinski definition) is 5. The Morgan fingerprint density at radius 2 is 1.82 bits per heavy atom. The molecule has 1 amide bonds. The normalized spacial score (nSPS) is 16.6. The van der Waals surface area contributed by atoms with Crippen molar-refractivity contribution in [1.82, 2.24) is 15.0 Å². The van der Waals surface area contributed by atoms with Gasteiger partial charge in [-0.05, 0) is 47.9 Å². The van der Waals surface area contributed by atoms with Crippen LogP contribution in [0, 0.1) is 5.92 Å². The molecule has 1 aliphatic rings. The van der Waals surface area contributed by atoms with E-state index in [0.29, 0.717) is 36.3 Å². The Bertz CT molecular complexity index is 1090. The average molecular weight is 459 g/mol. The second-order valence-electron chi connectivity index (χ2n) is 8.56. The maximum atomic E-state index is 12.7. The summed E-state index contributed by atoms with van der Waals surface area (Å²) in [6.45, 7) is 5.38. The Kier molecular flexibility index (Phi) is 6.40. The van der Waals surface area contributed by atoms with Gasteiger partial charge in [-0.25, -0.2) is 0 Å². The molecule has 0 bridgehead atoms. The molecule has 1 atom stereocenters. The summed E-state index contributed by atoms with van der Waals surface area (Å²) in [7, 11) is 0. The zero-order chi connectivity index (χ0) is 23.6. The molecule has 3 aromatic rings. The first kappa shape index (κ1) is 22.8. The smallest absolute Gasteiger partial charge is 0.416 e. The van der Waals surface area contributed by atoms with Crippen LogP contribution >= 0.6 is 0 Å². The first-order valence-electron chi connectivity index (χ1n) is 10.7. The SMILES string of the molecule is CC(C)COc1ccc(-c2noc(C3CC(=O)N(Cc4ccc(C(F)(F)F)cc4)C3)n2)cc1. The van der Waals surface area contributed by atoms with Gasteiger partial charge in [0.2, 0.25) is 17.6 Å². The van der Waals surface area contributed by atoms with Crippen LogP contribution in [0.5, 0.6) is 5.75 Å². The summed E-state index contributed by atoms with van der Waals surface area (Å²) in [5.74, 6) is 1.62. The second-order valence-corrected chi connectivity index (χ2v) is 8.56. The molecule has 1 fully saturated rings. The van der Waals surface area contributed by atoms with Gasteiger partial charge < -0.3 is 14.2 Å². The highest BCUT2D eigenvalue weighted by molar-refractivity contribution is 5.79. The topological polar surface area (TPSA) is 68.5 Å². The van der Waals surface area contributed by atoms with Crippen molar-refractivity contribution < 1.29 is 27.2 Å². The van der Waals surface area contributed by atoms with E-state index in [0.717, 1.165) is 23.4 Å². The Hall–Kier alpha value is -3.36. The molecule has 9 heteroatoms. The van der Waals surface area contributed by atoms with E-state index in [2.05, 4.69) is 24.0 Å². The van der Waals surface area contributed by atoms with E-state index in [1.165, 1.54) is 12.1 Å². The van der Waals surface area contributed by atoms with Crippen molar-refractivity contribution in [1.29, 1.82) is 0 Å². The molecule has 0 N–H and O–H groups in total. The van der Waals surface area contributed by atoms with Gasteiger partial charge in [-0.1, -0.05) is 31.1 Å². The molecule has 2 aromatic carbocycles. The number of rotatable bonds is 7. The molecule has 4 rings (SSSR count). The van der Waals surface area contributed by atoms with Crippen molar-refractivity contribution in [2.45, 2.75) is 38.9 Å². The fourth-order valence-corrected chi connectivity index (χ4v) is 3.59. The maximum Gasteiger partial charge on any atom is 0.416 e. The van der Waals surface area contributed by atoms with Crippen molar-refractivity contribution >= 4 is 5.91 Å². The lowest BCUT2D eigenvalue weighted by Crippen LogP contribution is -2.24. The zero-order valence-electron chi connectivity index (χ0n) is 18.3. The maximum absolute atomic E-state index is 12.7. The summed E-state index contributed by atoms with van der Waals surface area (Å²) < 4.78 is 49.3. The highest BCUT2D eigenvalue weighted by atomic mass is 19.4. The highest BCUT2D eigenvalue weighted by Gasteiger charge is 2.35. The molecule has 1 aliphatic heterocycles. The summed E-state index contributed by atoms with van der Waals surface area (Å²) in [5, 5.41) is 4.04. The van der Waals surface area contributed by atoms with E-state index >= 15 is 0 Å². The second kappa shape index (κ2) is 9.25. The zero-order valence-corrected chi connectivity index (χ0v) is 18.3. The highest BCUT2D eigenvalue weighted by Crippen LogP contribution is 2.32. The van der Waals surface area contributed by atoms with Gasteiger partial charge in [0.15, 0.2) is 0 Å². The van der Waals surface area contributed by atoms with Crippen LogP contribution in [0.2, 0.25) is 0 Å². The van der Waals surface area contributed by atoms with E-state index in [9.17, 15) is 18.0 Å². The van der Waals surface area contributed by atoms with Crippen LogP contribution in [0.15, 0.2) is 53.1 Å². The van der Waals surface area contributed by atoms with Crippen LogP contribution in [0.3, 0.4) is 0 Å². The minimum Gasteiger partial charge on any atom is -0.493 e. The monoisotopic (exact) mass is 459 g/mol. The summed E-state index contributed by atoms with van der Waals surface area (Å²) >= 11 is 0. The molecule has 2 heterocycles. The lowest BCUT2D eigenvalue weighted by Gasteiger charge is -2.16. The minimum atomic E-state index is -4.38. The molecule has 33 heavy (non-hydrogen) atoms. The van der Waals surface area contributed by atoms with Crippen LogP contribution < -0.4 is 4.74 Å². The molecule has 1 unspecified atom stereocenters. The summed E-state index contributed by atoms with van der Waals surface area (Å²) in [4.78, 5) is 18.5. The largest absolute Gasteiger partial charge is 0.493 e. The van der Waals surface area contributed by atoms with E-state index < -0.39 is 11.7 Å². The van der Waals surface area contributed by atoms with Crippen LogP contribution in [0.4, 0.5) is 13.2 Å². The summed E-state index contributed by atoms with van der Waals surface area (Å²) in [6.07, 6.45) is -4.17. The number of nitrogens with zero attached hydrogens (tertiary/aromatic N) is 3. The van der Waals surface area contributed by atoms with Gasteiger partial charge in [0.1, 0.15) is 5.75 Å². The van der Waals surface area contributed by atoms with Crippen molar-refractivity contribution in [2.75, 3.05) is 13.2 Å². The summed E-state index contributed by atoms with van der Waals surface area (Å²) in [6, 6.07) is 12.2. The molecule has 1 aromatic heterocycles. The Labute approximate surface area is 189 Å². The van der Waals surface area contributed by atoms with Gasteiger partial charge >= 0.3 is 6.18 Å². The Balaban J connectivity index is 1.38. The van der Waals surface area contributed by atoms with Crippen LogP contribution in [-0.4, -0.2) is 34.1 Å². The number of aromatic nitrogens is 2. The number of halogens is 3. The Morgan fingerprint density at radius 1 is 1.12 bits per heavy atom. The quantitative estimate of drug-likeness (QED) is 0.479. The number of carbonyl (C=O) groups excluding carboxylic acids is 1. The number of amides is 1. The van der Waals surface area contributed by atoms with Crippen molar-refractivity contribution in [2.24, 2.45) is 5.92 Å². The van der Waals surface area contributed by atoms with Gasteiger partial charge in [-0.3, -0.25) is 4.79 Å². The van der Waals surface area contributed by atoms with Gasteiger partial charge in [0.05, 0.1) is 18.1 Å². The standard InChI is InChI=1S/C24H24F3N3O3/c1-15(2)14-32-20-9-5-17(6-10-20)22-28-23(33-29-22)18-11-21(31)30(13-18)12-16-3-7-19(8-4-16)24(25,26)27/h3-10,15,18H,11-14H2,1-2H3. The molecule has 174 valence electrons. The van der Waals surface area contributed by atoms with Crippen molar-refractivity contribution in [3.63, 3.8) is 0 Å². The fraction of sp³-hybridized carbons (Fsp3) is 0.375. The molecule has 0 radical (unpaired) electrons. The number of ether oxygens (including phenoxy) is 1. The lowest BCUT2D eigenvalue weighted by molar-refractivity contribution is -0.137. The Morgan fingerprint density at radius 3 is 2.45 bits per heavy atom. The third kappa shape index (κ3) is 5.53. The van der Waals surface area contributed by atoms with Crippen LogP contribution in [0.25, 0.3) is 11.4 Å². The number of carbonyl (C=O) groups is 1. The van der Waals surface area contributed by atoms with E-state index in [-0.39, 0.29) is 24.8 Å². The van der Waals surface area contributed by atoms with E-state index in [1.54, 1.807) is 4.90 Å². The van der Waals surface area contributed by atoms with Crippen LogP contribution in [-0.2, 0) is 17.5 Å². The van der Waals surface area contributed by atoms with Crippen molar-refractivity contribution in [3.8, 4) is 17.1 Å².